The molecule has 0 aliphatic carbocycles. The van der Waals surface area contributed by atoms with E-state index in [1.165, 1.54) is 18.2 Å². The van der Waals surface area contributed by atoms with Gasteiger partial charge in [0, 0.05) is 35.9 Å². The molecule has 164 valence electrons. The first kappa shape index (κ1) is 22.5. The molecule has 0 saturated heterocycles. The Morgan fingerprint density at radius 1 is 1.06 bits per heavy atom. The van der Waals surface area contributed by atoms with Crippen molar-refractivity contribution in [3.05, 3.63) is 93.9 Å². The highest BCUT2D eigenvalue weighted by molar-refractivity contribution is 6.05. The molecule has 0 aliphatic rings. The van der Waals surface area contributed by atoms with Gasteiger partial charge in [0.2, 0.25) is 0 Å². The van der Waals surface area contributed by atoms with Crippen molar-refractivity contribution >= 4 is 23.6 Å². The van der Waals surface area contributed by atoms with Gasteiger partial charge in [0.05, 0.1) is 4.92 Å². The molecule has 2 amide bonds. The summed E-state index contributed by atoms with van der Waals surface area (Å²) in [6, 6.07) is 17.9. The molecule has 0 saturated carbocycles. The van der Waals surface area contributed by atoms with Crippen molar-refractivity contribution < 1.29 is 18.9 Å². The standard InChI is InChI=1S/C24H23N3O5/c1-2-3-14-25-24(29)21(26-23(28)17-8-5-4-6-9-17)16-20-12-13-22(32-20)18-10-7-11-19(15-18)27(30)31/h4-13,15-16H,2-3,14H2,1H3,(H,25,29)(H,26,28)/b21-16+. The summed E-state index contributed by atoms with van der Waals surface area (Å²) < 4.78 is 5.77. The van der Waals surface area contributed by atoms with Crippen molar-refractivity contribution in [2.24, 2.45) is 0 Å². The molecule has 0 spiro atoms. The van der Waals surface area contributed by atoms with Gasteiger partial charge in [-0.25, -0.2) is 0 Å². The molecule has 8 heteroatoms. The van der Waals surface area contributed by atoms with E-state index in [1.807, 2.05) is 6.92 Å². The molecule has 3 rings (SSSR count). The second-order valence-electron chi connectivity index (χ2n) is 7.00. The van der Waals surface area contributed by atoms with Crippen LogP contribution in [-0.4, -0.2) is 23.3 Å². The van der Waals surface area contributed by atoms with Gasteiger partial charge in [0.25, 0.3) is 17.5 Å². The number of carbonyl (C=O) groups excluding carboxylic acids is 2. The van der Waals surface area contributed by atoms with Crippen LogP contribution in [0.4, 0.5) is 5.69 Å². The van der Waals surface area contributed by atoms with Crippen molar-refractivity contribution in [2.75, 3.05) is 6.54 Å². The highest BCUT2D eigenvalue weighted by Crippen LogP contribution is 2.26. The number of nitro benzene ring substituents is 1. The highest BCUT2D eigenvalue weighted by Gasteiger charge is 2.16. The summed E-state index contributed by atoms with van der Waals surface area (Å²) >= 11 is 0. The number of hydrogen-bond acceptors (Lipinski definition) is 5. The van der Waals surface area contributed by atoms with Gasteiger partial charge in [-0.05, 0) is 30.7 Å². The molecule has 0 bridgehead atoms. The SMILES string of the molecule is CCCCNC(=O)/C(=C\c1ccc(-c2cccc([N+](=O)[O-])c2)o1)NC(=O)c1ccccc1. The maximum atomic E-state index is 12.7. The lowest BCUT2D eigenvalue weighted by molar-refractivity contribution is -0.384. The molecule has 1 heterocycles. The quantitative estimate of drug-likeness (QED) is 0.222. The van der Waals surface area contributed by atoms with E-state index in [2.05, 4.69) is 10.6 Å². The number of nitrogens with zero attached hydrogens (tertiary/aromatic N) is 1. The maximum Gasteiger partial charge on any atom is 0.270 e. The first-order chi connectivity index (χ1) is 15.5. The van der Waals surface area contributed by atoms with E-state index in [-0.39, 0.29) is 11.4 Å². The third-order valence-electron chi connectivity index (χ3n) is 4.60. The molecule has 2 aromatic carbocycles. The summed E-state index contributed by atoms with van der Waals surface area (Å²) in [4.78, 5) is 35.8. The van der Waals surface area contributed by atoms with Gasteiger partial charge in [-0.1, -0.05) is 43.7 Å². The number of unbranched alkanes of at least 4 members (excludes halogenated alkanes) is 1. The van der Waals surface area contributed by atoms with Crippen LogP contribution in [0, 0.1) is 10.1 Å². The molecule has 0 fully saturated rings. The fourth-order valence-corrected chi connectivity index (χ4v) is 2.92. The fraction of sp³-hybridized carbons (Fsp3) is 0.167. The van der Waals surface area contributed by atoms with E-state index in [1.54, 1.807) is 54.6 Å². The van der Waals surface area contributed by atoms with Gasteiger partial charge in [-0.3, -0.25) is 19.7 Å². The lowest BCUT2D eigenvalue weighted by atomic mass is 10.1. The summed E-state index contributed by atoms with van der Waals surface area (Å²) in [7, 11) is 0. The van der Waals surface area contributed by atoms with E-state index < -0.39 is 16.7 Å². The van der Waals surface area contributed by atoms with E-state index >= 15 is 0 Å². The predicted octanol–water partition coefficient (Wildman–Crippen LogP) is 4.54. The summed E-state index contributed by atoms with van der Waals surface area (Å²) in [5, 5.41) is 16.4. The predicted molar refractivity (Wildman–Crippen MR) is 121 cm³/mol. The Morgan fingerprint density at radius 2 is 1.84 bits per heavy atom. The minimum absolute atomic E-state index is 0.0369. The molecular weight excluding hydrogens is 410 g/mol. The number of amides is 2. The normalized spacial score (nSPS) is 11.1. The van der Waals surface area contributed by atoms with Crippen LogP contribution in [0.25, 0.3) is 17.4 Å². The Kier molecular flexibility index (Phi) is 7.53. The largest absolute Gasteiger partial charge is 0.457 e. The molecule has 8 nitrogen and oxygen atoms in total. The van der Waals surface area contributed by atoms with Crippen LogP contribution in [0.5, 0.6) is 0 Å². The number of rotatable bonds is 9. The van der Waals surface area contributed by atoms with Crippen LogP contribution >= 0.6 is 0 Å². The monoisotopic (exact) mass is 433 g/mol. The molecule has 0 unspecified atom stereocenters. The third kappa shape index (κ3) is 5.91. The molecule has 3 aromatic rings. The van der Waals surface area contributed by atoms with Crippen LogP contribution < -0.4 is 10.6 Å². The van der Waals surface area contributed by atoms with Gasteiger partial charge in [0.1, 0.15) is 17.2 Å². The topological polar surface area (TPSA) is 114 Å². The number of non-ortho nitro benzene ring substituents is 1. The summed E-state index contributed by atoms with van der Waals surface area (Å²) in [5.74, 6) is -0.135. The second kappa shape index (κ2) is 10.7. The zero-order chi connectivity index (χ0) is 22.9. The van der Waals surface area contributed by atoms with Crippen LogP contribution in [-0.2, 0) is 4.79 Å². The van der Waals surface area contributed by atoms with Crippen LogP contribution in [0.1, 0.15) is 35.9 Å². The van der Waals surface area contributed by atoms with Gasteiger partial charge in [0.15, 0.2) is 0 Å². The first-order valence-corrected chi connectivity index (χ1v) is 10.2. The Morgan fingerprint density at radius 3 is 2.56 bits per heavy atom. The van der Waals surface area contributed by atoms with Crippen molar-refractivity contribution in [1.82, 2.24) is 10.6 Å². The second-order valence-corrected chi connectivity index (χ2v) is 7.00. The molecule has 32 heavy (non-hydrogen) atoms. The van der Waals surface area contributed by atoms with Gasteiger partial charge in [-0.15, -0.1) is 0 Å². The van der Waals surface area contributed by atoms with Crippen LogP contribution in [0.2, 0.25) is 0 Å². The fourth-order valence-electron chi connectivity index (χ4n) is 2.92. The minimum Gasteiger partial charge on any atom is -0.457 e. The number of hydrogen-bond donors (Lipinski definition) is 2. The van der Waals surface area contributed by atoms with Crippen molar-refractivity contribution in [3.63, 3.8) is 0 Å². The van der Waals surface area contributed by atoms with Gasteiger partial charge in [-0.2, -0.15) is 0 Å². The van der Waals surface area contributed by atoms with Crippen molar-refractivity contribution in [1.29, 1.82) is 0 Å². The average Bonchev–Trinajstić information content (AvgIpc) is 3.28. The molecule has 2 N–H and O–H groups in total. The van der Waals surface area contributed by atoms with E-state index in [0.29, 0.717) is 29.2 Å². The van der Waals surface area contributed by atoms with Crippen LogP contribution in [0.15, 0.2) is 76.8 Å². The lowest BCUT2D eigenvalue weighted by Crippen LogP contribution is -2.35. The molecule has 0 radical (unpaired) electrons. The molecule has 0 atom stereocenters. The van der Waals surface area contributed by atoms with Gasteiger partial charge >= 0.3 is 0 Å². The smallest absolute Gasteiger partial charge is 0.270 e. The Hall–Kier alpha value is -4.20. The number of carbonyl (C=O) groups is 2. The van der Waals surface area contributed by atoms with E-state index in [4.69, 9.17) is 4.42 Å². The summed E-state index contributed by atoms with van der Waals surface area (Å²) in [5.41, 5.74) is 0.926. The maximum absolute atomic E-state index is 12.7. The van der Waals surface area contributed by atoms with Crippen molar-refractivity contribution in [2.45, 2.75) is 19.8 Å². The molecule has 1 aromatic heterocycles. The summed E-state index contributed by atoms with van der Waals surface area (Å²) in [6.07, 6.45) is 3.16. The van der Waals surface area contributed by atoms with E-state index in [0.717, 1.165) is 12.8 Å². The third-order valence-corrected chi connectivity index (χ3v) is 4.60. The van der Waals surface area contributed by atoms with Crippen LogP contribution in [0.3, 0.4) is 0 Å². The average molecular weight is 433 g/mol. The Bertz CT molecular complexity index is 1140. The molecule has 0 aliphatic heterocycles. The van der Waals surface area contributed by atoms with E-state index in [9.17, 15) is 19.7 Å². The lowest BCUT2D eigenvalue weighted by Gasteiger charge is -2.10. The van der Waals surface area contributed by atoms with Gasteiger partial charge < -0.3 is 15.1 Å². The Balaban J connectivity index is 1.86. The zero-order valence-electron chi connectivity index (χ0n) is 17.5. The highest BCUT2D eigenvalue weighted by atomic mass is 16.6. The minimum atomic E-state index is -0.481. The number of furan rings is 1. The Labute approximate surface area is 185 Å². The summed E-state index contributed by atoms with van der Waals surface area (Å²) in [6.45, 7) is 2.49. The number of benzene rings is 2. The molecular formula is C24H23N3O5. The first-order valence-electron chi connectivity index (χ1n) is 10.2. The number of nitro groups is 1. The van der Waals surface area contributed by atoms with Crippen molar-refractivity contribution in [3.8, 4) is 11.3 Å². The zero-order valence-corrected chi connectivity index (χ0v) is 17.5. The number of nitrogens with one attached hydrogen (secondary N) is 2.